The van der Waals surface area contributed by atoms with E-state index in [0.717, 1.165) is 17.0 Å². The summed E-state index contributed by atoms with van der Waals surface area (Å²) in [6.45, 7) is 1.89. The van der Waals surface area contributed by atoms with Gasteiger partial charge in [0.1, 0.15) is 5.75 Å². The lowest BCUT2D eigenvalue weighted by Crippen LogP contribution is -2.26. The van der Waals surface area contributed by atoms with E-state index in [1.807, 2.05) is 31.2 Å². The fourth-order valence-corrected chi connectivity index (χ4v) is 1.94. The van der Waals surface area contributed by atoms with E-state index in [1.54, 1.807) is 37.3 Å². The normalized spacial score (nSPS) is 10.2. The molecule has 20 heavy (non-hydrogen) atoms. The molecule has 0 heterocycles. The van der Waals surface area contributed by atoms with Gasteiger partial charge in [0.05, 0.1) is 7.11 Å². The van der Waals surface area contributed by atoms with Crippen LogP contribution in [0, 0.1) is 6.92 Å². The van der Waals surface area contributed by atoms with Crippen molar-refractivity contribution < 1.29 is 9.53 Å². The highest BCUT2D eigenvalue weighted by Gasteiger charge is 2.14. The van der Waals surface area contributed by atoms with Gasteiger partial charge in [-0.25, -0.2) is 0 Å². The van der Waals surface area contributed by atoms with Crippen LogP contribution in [0.5, 0.6) is 5.75 Å². The first kappa shape index (κ1) is 13.9. The van der Waals surface area contributed by atoms with Gasteiger partial charge in [0.15, 0.2) is 0 Å². The number of nitrogens with zero attached hydrogens (tertiary/aromatic N) is 1. The van der Waals surface area contributed by atoms with E-state index in [-0.39, 0.29) is 5.91 Å². The van der Waals surface area contributed by atoms with E-state index in [0.29, 0.717) is 11.3 Å². The third kappa shape index (κ3) is 2.74. The van der Waals surface area contributed by atoms with Crippen molar-refractivity contribution in [2.45, 2.75) is 6.92 Å². The molecule has 0 unspecified atom stereocenters. The first-order chi connectivity index (χ1) is 9.52. The van der Waals surface area contributed by atoms with Gasteiger partial charge in [-0.2, -0.15) is 0 Å². The monoisotopic (exact) mass is 270 g/mol. The summed E-state index contributed by atoms with van der Waals surface area (Å²) in [7, 11) is 3.34. The van der Waals surface area contributed by atoms with Crippen molar-refractivity contribution in [1.82, 2.24) is 0 Å². The maximum Gasteiger partial charge on any atom is 0.258 e. The standard InChI is InChI=1S/C16H18N2O2/c1-11-9-12(7-8-15(11)17)16(19)18(2)13-5-4-6-14(10-13)20-3/h4-10H,17H2,1-3H3. The second kappa shape index (κ2) is 5.65. The number of anilines is 2. The second-order valence-corrected chi connectivity index (χ2v) is 4.64. The zero-order valence-corrected chi connectivity index (χ0v) is 11.9. The van der Waals surface area contributed by atoms with Crippen LogP contribution in [-0.4, -0.2) is 20.1 Å². The highest BCUT2D eigenvalue weighted by atomic mass is 16.5. The Hall–Kier alpha value is -2.49. The molecule has 4 heteroatoms. The predicted molar refractivity (Wildman–Crippen MR) is 81.3 cm³/mol. The predicted octanol–water partition coefficient (Wildman–Crippen LogP) is 2.86. The van der Waals surface area contributed by atoms with Gasteiger partial charge >= 0.3 is 0 Å². The smallest absolute Gasteiger partial charge is 0.258 e. The minimum Gasteiger partial charge on any atom is -0.497 e. The van der Waals surface area contributed by atoms with Crippen LogP contribution >= 0.6 is 0 Å². The van der Waals surface area contributed by atoms with Gasteiger partial charge in [0.2, 0.25) is 0 Å². The van der Waals surface area contributed by atoms with Gasteiger partial charge in [-0.15, -0.1) is 0 Å². The molecule has 0 atom stereocenters. The van der Waals surface area contributed by atoms with Crippen molar-refractivity contribution in [1.29, 1.82) is 0 Å². The number of hydrogen-bond donors (Lipinski definition) is 1. The molecule has 0 bridgehead atoms. The van der Waals surface area contributed by atoms with Crippen LogP contribution in [0.1, 0.15) is 15.9 Å². The summed E-state index contributed by atoms with van der Waals surface area (Å²) in [6.07, 6.45) is 0. The van der Waals surface area contributed by atoms with Gasteiger partial charge in [-0.1, -0.05) is 6.07 Å². The van der Waals surface area contributed by atoms with Crippen LogP contribution in [0.2, 0.25) is 0 Å². The summed E-state index contributed by atoms with van der Waals surface area (Å²) < 4.78 is 5.17. The van der Waals surface area contributed by atoms with Gasteiger partial charge in [-0.3, -0.25) is 4.79 Å². The first-order valence-electron chi connectivity index (χ1n) is 6.31. The minimum atomic E-state index is -0.0821. The summed E-state index contributed by atoms with van der Waals surface area (Å²) in [4.78, 5) is 14.0. The van der Waals surface area contributed by atoms with E-state index in [2.05, 4.69) is 0 Å². The number of carbonyl (C=O) groups excluding carboxylic acids is 1. The third-order valence-corrected chi connectivity index (χ3v) is 3.26. The molecule has 0 saturated heterocycles. The number of aryl methyl sites for hydroxylation is 1. The lowest BCUT2D eigenvalue weighted by atomic mass is 10.1. The maximum absolute atomic E-state index is 12.5. The Kier molecular flexibility index (Phi) is 3.94. The van der Waals surface area contributed by atoms with E-state index in [9.17, 15) is 4.79 Å². The van der Waals surface area contributed by atoms with E-state index < -0.39 is 0 Å². The van der Waals surface area contributed by atoms with Crippen molar-refractivity contribution in [3.8, 4) is 5.75 Å². The highest BCUT2D eigenvalue weighted by Crippen LogP contribution is 2.22. The lowest BCUT2D eigenvalue weighted by Gasteiger charge is -2.18. The van der Waals surface area contributed by atoms with Crippen LogP contribution in [-0.2, 0) is 0 Å². The number of methoxy groups -OCH3 is 1. The molecule has 2 N–H and O–H groups in total. The van der Waals surface area contributed by atoms with Crippen molar-refractivity contribution in [3.63, 3.8) is 0 Å². The van der Waals surface area contributed by atoms with Crippen molar-refractivity contribution in [2.75, 3.05) is 24.8 Å². The molecule has 2 aromatic carbocycles. The topological polar surface area (TPSA) is 55.6 Å². The molecule has 0 saturated carbocycles. The van der Waals surface area contributed by atoms with Crippen molar-refractivity contribution in [2.24, 2.45) is 0 Å². The number of benzene rings is 2. The highest BCUT2D eigenvalue weighted by molar-refractivity contribution is 6.06. The Bertz CT molecular complexity index is 638. The summed E-state index contributed by atoms with van der Waals surface area (Å²) in [5, 5.41) is 0. The molecule has 0 fully saturated rings. The van der Waals surface area contributed by atoms with Crippen molar-refractivity contribution >= 4 is 17.3 Å². The van der Waals surface area contributed by atoms with Gasteiger partial charge in [0, 0.05) is 30.1 Å². The van der Waals surface area contributed by atoms with Crippen molar-refractivity contribution in [3.05, 3.63) is 53.6 Å². The number of amides is 1. The fraction of sp³-hybridized carbons (Fsp3) is 0.188. The molecular formula is C16H18N2O2. The molecule has 0 spiro atoms. The summed E-state index contributed by atoms with van der Waals surface area (Å²) in [5.74, 6) is 0.636. The van der Waals surface area contributed by atoms with E-state index in [1.165, 1.54) is 0 Å². The molecule has 2 aromatic rings. The largest absolute Gasteiger partial charge is 0.497 e. The quantitative estimate of drug-likeness (QED) is 0.872. The zero-order valence-electron chi connectivity index (χ0n) is 11.9. The molecule has 0 aliphatic carbocycles. The number of nitrogen functional groups attached to an aromatic ring is 1. The molecule has 104 valence electrons. The molecule has 0 radical (unpaired) electrons. The van der Waals surface area contributed by atoms with Gasteiger partial charge in [-0.05, 0) is 42.8 Å². The van der Waals surface area contributed by atoms with Crippen LogP contribution in [0.15, 0.2) is 42.5 Å². The Balaban J connectivity index is 2.29. The molecule has 0 aliphatic heterocycles. The van der Waals surface area contributed by atoms with Crippen LogP contribution in [0.3, 0.4) is 0 Å². The zero-order chi connectivity index (χ0) is 14.7. The number of rotatable bonds is 3. The second-order valence-electron chi connectivity index (χ2n) is 4.64. The molecule has 0 aliphatic rings. The maximum atomic E-state index is 12.5. The molecule has 4 nitrogen and oxygen atoms in total. The van der Waals surface area contributed by atoms with Crippen LogP contribution in [0.4, 0.5) is 11.4 Å². The SMILES string of the molecule is COc1cccc(N(C)C(=O)c2ccc(N)c(C)c2)c1. The summed E-state index contributed by atoms with van der Waals surface area (Å²) >= 11 is 0. The van der Waals surface area contributed by atoms with Gasteiger partial charge in [0.25, 0.3) is 5.91 Å². The Labute approximate surface area is 118 Å². The number of ether oxygens (including phenoxy) is 1. The lowest BCUT2D eigenvalue weighted by molar-refractivity contribution is 0.0993. The number of nitrogens with two attached hydrogens (primary N) is 1. The first-order valence-corrected chi connectivity index (χ1v) is 6.31. The van der Waals surface area contributed by atoms with Crippen LogP contribution < -0.4 is 15.4 Å². The Morgan fingerprint density at radius 3 is 2.60 bits per heavy atom. The van der Waals surface area contributed by atoms with Gasteiger partial charge < -0.3 is 15.4 Å². The fourth-order valence-electron chi connectivity index (χ4n) is 1.94. The average Bonchev–Trinajstić information content (AvgIpc) is 2.48. The number of hydrogen-bond acceptors (Lipinski definition) is 3. The average molecular weight is 270 g/mol. The minimum absolute atomic E-state index is 0.0821. The number of carbonyl (C=O) groups is 1. The molecule has 0 aromatic heterocycles. The van der Waals surface area contributed by atoms with E-state index >= 15 is 0 Å². The Morgan fingerprint density at radius 2 is 1.95 bits per heavy atom. The molecule has 2 rings (SSSR count). The summed E-state index contributed by atoms with van der Waals surface area (Å²) in [5.41, 5.74) is 8.75. The molecular weight excluding hydrogens is 252 g/mol. The van der Waals surface area contributed by atoms with Crippen LogP contribution in [0.25, 0.3) is 0 Å². The Morgan fingerprint density at radius 1 is 1.20 bits per heavy atom. The summed E-state index contributed by atoms with van der Waals surface area (Å²) in [6, 6.07) is 12.7. The van der Waals surface area contributed by atoms with E-state index in [4.69, 9.17) is 10.5 Å². The third-order valence-electron chi connectivity index (χ3n) is 3.26. The molecule has 1 amide bonds.